The molecule has 6 N–H and O–H groups in total. The second-order valence-corrected chi connectivity index (χ2v) is 4.68. The van der Waals surface area contributed by atoms with Crippen LogP contribution in [0.3, 0.4) is 0 Å². The summed E-state index contributed by atoms with van der Waals surface area (Å²) in [6.07, 6.45) is -8.11. The van der Waals surface area contributed by atoms with Crippen molar-refractivity contribution in [2.45, 2.75) is 43.6 Å². The van der Waals surface area contributed by atoms with Gasteiger partial charge in [-0.3, -0.25) is 9.69 Å². The first kappa shape index (κ1) is 17.8. The molecule has 0 aliphatic carbocycles. The maximum Gasteiger partial charge on any atom is 0.328 e. The summed E-state index contributed by atoms with van der Waals surface area (Å²) < 4.78 is 5.11. The first-order valence-corrected chi connectivity index (χ1v) is 6.19. The van der Waals surface area contributed by atoms with E-state index in [0.717, 1.165) is 6.92 Å². The van der Waals surface area contributed by atoms with Gasteiger partial charge in [-0.05, 0) is 0 Å². The van der Waals surface area contributed by atoms with Crippen molar-refractivity contribution in [3.63, 3.8) is 0 Å². The molecule has 6 atom stereocenters. The number of aliphatic hydroxyl groups excluding tert-OH is 5. The number of aliphatic carboxylic acids is 1. The first-order chi connectivity index (χ1) is 9.76. The molecule has 10 nitrogen and oxygen atoms in total. The van der Waals surface area contributed by atoms with Crippen LogP contribution in [-0.2, 0) is 14.3 Å². The highest BCUT2D eigenvalue weighted by Crippen LogP contribution is 2.25. The van der Waals surface area contributed by atoms with Gasteiger partial charge in [0.15, 0.2) is 12.3 Å². The normalized spacial score (nSPS) is 34.3. The van der Waals surface area contributed by atoms with Gasteiger partial charge in [-0.25, -0.2) is 4.79 Å². The van der Waals surface area contributed by atoms with Crippen molar-refractivity contribution in [3.8, 4) is 0 Å². The molecule has 122 valence electrons. The fourth-order valence-corrected chi connectivity index (χ4v) is 2.17. The van der Waals surface area contributed by atoms with Gasteiger partial charge in [0.1, 0.15) is 24.4 Å². The van der Waals surface area contributed by atoms with Crippen LogP contribution >= 0.6 is 0 Å². The molecular formula is C11H19NO9. The Balaban J connectivity index is 3.11. The van der Waals surface area contributed by atoms with Gasteiger partial charge < -0.3 is 35.4 Å². The largest absolute Gasteiger partial charge is 0.480 e. The summed E-state index contributed by atoms with van der Waals surface area (Å²) in [4.78, 5) is 23.2. The van der Waals surface area contributed by atoms with Crippen molar-refractivity contribution >= 4 is 11.9 Å². The number of hydrogen-bond donors (Lipinski definition) is 6. The topological polar surface area (TPSA) is 168 Å². The van der Waals surface area contributed by atoms with E-state index in [1.54, 1.807) is 0 Å². The van der Waals surface area contributed by atoms with Crippen molar-refractivity contribution in [1.82, 2.24) is 4.90 Å². The highest BCUT2D eigenvalue weighted by atomic mass is 16.6. The molecule has 10 heteroatoms. The molecule has 0 aromatic carbocycles. The molecule has 1 aliphatic heterocycles. The number of carbonyl (C=O) groups is 2. The van der Waals surface area contributed by atoms with Crippen LogP contribution in [0.2, 0.25) is 0 Å². The minimum absolute atomic E-state index is 0.546. The third-order valence-corrected chi connectivity index (χ3v) is 3.30. The number of rotatable bonds is 5. The van der Waals surface area contributed by atoms with Gasteiger partial charge in [0, 0.05) is 6.92 Å². The second kappa shape index (κ2) is 7.11. The Morgan fingerprint density at radius 1 is 1.14 bits per heavy atom. The number of nitrogens with zero attached hydrogens (tertiary/aromatic N) is 1. The minimum atomic E-state index is -1.81. The lowest BCUT2D eigenvalue weighted by Crippen LogP contribution is -2.66. The number of amides is 1. The summed E-state index contributed by atoms with van der Waals surface area (Å²) in [5, 5.41) is 56.3. The molecule has 2 unspecified atom stereocenters. The van der Waals surface area contributed by atoms with Crippen LogP contribution in [0.15, 0.2) is 0 Å². The highest BCUT2D eigenvalue weighted by molar-refractivity contribution is 5.82. The predicted octanol–water partition coefficient (Wildman–Crippen LogP) is -3.92. The van der Waals surface area contributed by atoms with E-state index in [0.29, 0.717) is 4.90 Å². The van der Waals surface area contributed by atoms with Crippen molar-refractivity contribution < 1.29 is 45.0 Å². The Bertz CT molecular complexity index is 388. The summed E-state index contributed by atoms with van der Waals surface area (Å²) in [6.45, 7) is -0.666. The van der Waals surface area contributed by atoms with Crippen molar-refractivity contribution in [2.24, 2.45) is 0 Å². The maximum absolute atomic E-state index is 11.6. The van der Waals surface area contributed by atoms with E-state index in [1.165, 1.54) is 0 Å². The fraction of sp³-hybridized carbons (Fsp3) is 0.818. The van der Waals surface area contributed by atoms with E-state index in [9.17, 15) is 24.9 Å². The first-order valence-electron chi connectivity index (χ1n) is 6.19. The van der Waals surface area contributed by atoms with Crippen LogP contribution in [0.1, 0.15) is 6.92 Å². The van der Waals surface area contributed by atoms with E-state index < -0.39 is 61.8 Å². The van der Waals surface area contributed by atoms with Crippen LogP contribution in [0, 0.1) is 0 Å². The maximum atomic E-state index is 11.6. The molecule has 1 heterocycles. The summed E-state index contributed by atoms with van der Waals surface area (Å²) in [5.41, 5.74) is 0. The smallest absolute Gasteiger partial charge is 0.328 e. The van der Waals surface area contributed by atoms with E-state index in [-0.39, 0.29) is 0 Å². The number of carboxylic acids is 1. The Morgan fingerprint density at radius 3 is 2.10 bits per heavy atom. The quantitative estimate of drug-likeness (QED) is 0.297. The number of carboxylic acid groups (broad SMARTS) is 1. The number of carbonyl (C=O) groups excluding carboxylic acids is 1. The Kier molecular flexibility index (Phi) is 6.01. The average Bonchev–Trinajstić information content (AvgIpc) is 2.42. The van der Waals surface area contributed by atoms with Gasteiger partial charge in [-0.2, -0.15) is 0 Å². The standard InChI is InChI=1S/C11H19NO9/c1-4(15)12(5(2-13)11(19)20)10-9(18)8(17)7(16)6(3-14)21-10/h5-10,13-14,16-18H,2-3H2,1H3,(H,19,20)/t5?,6-,7-,8+,9-,10?/m1/s1. The second-order valence-electron chi connectivity index (χ2n) is 4.68. The molecule has 1 aliphatic rings. The van der Waals surface area contributed by atoms with Crippen LogP contribution < -0.4 is 0 Å². The molecule has 0 aromatic heterocycles. The number of aliphatic hydroxyl groups is 5. The third-order valence-electron chi connectivity index (χ3n) is 3.30. The summed E-state index contributed by atoms with van der Waals surface area (Å²) in [7, 11) is 0. The van der Waals surface area contributed by atoms with E-state index in [4.69, 9.17) is 20.1 Å². The third kappa shape index (κ3) is 3.48. The van der Waals surface area contributed by atoms with E-state index in [2.05, 4.69) is 0 Å². The lowest BCUT2D eigenvalue weighted by molar-refractivity contribution is -0.267. The number of ether oxygens (including phenoxy) is 1. The molecule has 21 heavy (non-hydrogen) atoms. The van der Waals surface area contributed by atoms with Crippen LogP contribution in [0.25, 0.3) is 0 Å². The monoisotopic (exact) mass is 309 g/mol. The van der Waals surface area contributed by atoms with Gasteiger partial charge in [0.2, 0.25) is 5.91 Å². The van der Waals surface area contributed by atoms with Gasteiger partial charge in [0.25, 0.3) is 0 Å². The zero-order valence-electron chi connectivity index (χ0n) is 11.2. The minimum Gasteiger partial charge on any atom is -0.480 e. The summed E-state index contributed by atoms with van der Waals surface area (Å²) >= 11 is 0. The molecule has 1 rings (SSSR count). The van der Waals surface area contributed by atoms with Gasteiger partial charge >= 0.3 is 5.97 Å². The van der Waals surface area contributed by atoms with Gasteiger partial charge in [-0.1, -0.05) is 0 Å². The molecular weight excluding hydrogens is 290 g/mol. The van der Waals surface area contributed by atoms with Gasteiger partial charge in [-0.15, -0.1) is 0 Å². The van der Waals surface area contributed by atoms with Crippen molar-refractivity contribution in [2.75, 3.05) is 13.2 Å². The zero-order valence-corrected chi connectivity index (χ0v) is 11.2. The van der Waals surface area contributed by atoms with Gasteiger partial charge in [0.05, 0.1) is 13.2 Å². The number of hydrogen-bond acceptors (Lipinski definition) is 8. The average molecular weight is 309 g/mol. The molecule has 0 radical (unpaired) electrons. The predicted molar refractivity (Wildman–Crippen MR) is 64.8 cm³/mol. The molecule has 0 aromatic rings. The lowest BCUT2D eigenvalue weighted by Gasteiger charge is -2.45. The van der Waals surface area contributed by atoms with Crippen LogP contribution in [0.4, 0.5) is 0 Å². The Hall–Kier alpha value is -1.30. The SMILES string of the molecule is CC(=O)N(C(CO)C(=O)O)C1O[C@H](CO)[C@@H](O)[C@H](O)[C@H]1O. The lowest BCUT2D eigenvalue weighted by atomic mass is 9.97. The van der Waals surface area contributed by atoms with E-state index >= 15 is 0 Å². The van der Waals surface area contributed by atoms with Crippen LogP contribution in [-0.4, -0.2) is 97.3 Å². The Labute approximate surface area is 119 Å². The highest BCUT2D eigenvalue weighted by Gasteiger charge is 2.48. The molecule has 0 bridgehead atoms. The Morgan fingerprint density at radius 2 is 1.71 bits per heavy atom. The molecule has 1 saturated heterocycles. The van der Waals surface area contributed by atoms with Crippen molar-refractivity contribution in [1.29, 1.82) is 0 Å². The summed E-state index contributed by atoms with van der Waals surface area (Å²) in [5.74, 6) is -2.37. The zero-order chi connectivity index (χ0) is 16.3. The molecule has 0 saturated carbocycles. The van der Waals surface area contributed by atoms with Crippen molar-refractivity contribution in [3.05, 3.63) is 0 Å². The molecule has 1 fully saturated rings. The summed E-state index contributed by atoms with van der Waals surface area (Å²) in [6, 6.07) is -1.70. The van der Waals surface area contributed by atoms with Crippen LogP contribution in [0.5, 0.6) is 0 Å². The van der Waals surface area contributed by atoms with E-state index in [1.807, 2.05) is 0 Å². The fourth-order valence-electron chi connectivity index (χ4n) is 2.17. The molecule has 0 spiro atoms. The molecule has 1 amide bonds.